The highest BCUT2D eigenvalue weighted by Crippen LogP contribution is 2.35. The molecule has 0 radical (unpaired) electrons. The molecule has 2 amide bonds. The molecule has 1 atom stereocenters. The number of amides is 2. The third-order valence-electron chi connectivity index (χ3n) is 3.81. The van der Waals surface area contributed by atoms with Crippen LogP contribution in [0, 0.1) is 5.82 Å². The molecule has 0 unspecified atom stereocenters. The van der Waals surface area contributed by atoms with Gasteiger partial charge in [-0.25, -0.2) is 9.29 Å². The van der Waals surface area contributed by atoms with Gasteiger partial charge in [0, 0.05) is 0 Å². The lowest BCUT2D eigenvalue weighted by atomic mass is 10.1. The van der Waals surface area contributed by atoms with Crippen LogP contribution in [0.1, 0.15) is 27.6 Å². The Hall–Kier alpha value is -2.93. The van der Waals surface area contributed by atoms with Crippen LogP contribution in [0.15, 0.2) is 36.4 Å². The minimum absolute atomic E-state index is 0.0639. The predicted molar refractivity (Wildman–Crippen MR) is 89.7 cm³/mol. The summed E-state index contributed by atoms with van der Waals surface area (Å²) in [5.74, 6) is -3.31. The van der Waals surface area contributed by atoms with Crippen molar-refractivity contribution < 1.29 is 23.9 Å². The maximum atomic E-state index is 14.4. The molecule has 128 valence electrons. The van der Waals surface area contributed by atoms with E-state index in [1.54, 1.807) is 12.1 Å². The van der Waals surface area contributed by atoms with Crippen LogP contribution in [0.25, 0.3) is 0 Å². The van der Waals surface area contributed by atoms with Gasteiger partial charge < -0.3 is 10.4 Å². The van der Waals surface area contributed by atoms with Crippen molar-refractivity contribution in [3.05, 3.63) is 58.4 Å². The lowest BCUT2D eigenvalue weighted by molar-refractivity contribution is -0.137. The first-order valence-electron chi connectivity index (χ1n) is 7.27. The summed E-state index contributed by atoms with van der Waals surface area (Å²) in [7, 11) is 0. The number of hydrogen-bond donors (Lipinski definition) is 2. The lowest BCUT2D eigenvalue weighted by Crippen LogP contribution is -2.31. The van der Waals surface area contributed by atoms with E-state index in [0.29, 0.717) is 4.90 Å². The molecule has 6 nitrogen and oxygen atoms in total. The molecule has 0 saturated heterocycles. The Bertz CT molecular complexity index is 881. The van der Waals surface area contributed by atoms with Gasteiger partial charge >= 0.3 is 5.97 Å². The van der Waals surface area contributed by atoms with Gasteiger partial charge in [0.1, 0.15) is 11.9 Å². The average molecular weight is 363 g/mol. The van der Waals surface area contributed by atoms with Gasteiger partial charge in [-0.2, -0.15) is 0 Å². The first-order chi connectivity index (χ1) is 11.8. The molecule has 25 heavy (non-hydrogen) atoms. The summed E-state index contributed by atoms with van der Waals surface area (Å²) in [6.07, 6.45) is 0. The van der Waals surface area contributed by atoms with Gasteiger partial charge in [-0.3, -0.25) is 14.4 Å². The quantitative estimate of drug-likeness (QED) is 0.816. The molecular weight excluding hydrogens is 351 g/mol. The molecule has 1 aliphatic heterocycles. The third-order valence-corrected chi connectivity index (χ3v) is 4.13. The molecule has 0 spiro atoms. The zero-order valence-corrected chi connectivity index (χ0v) is 13.7. The molecule has 0 aliphatic carbocycles. The summed E-state index contributed by atoms with van der Waals surface area (Å²) in [4.78, 5) is 36.6. The fourth-order valence-electron chi connectivity index (χ4n) is 2.52. The topological polar surface area (TPSA) is 86.7 Å². The highest BCUT2D eigenvalue weighted by Gasteiger charge is 2.38. The van der Waals surface area contributed by atoms with Crippen LogP contribution in [0.5, 0.6) is 0 Å². The summed E-state index contributed by atoms with van der Waals surface area (Å²) < 4.78 is 14.4. The number of carboxylic acid groups (broad SMARTS) is 1. The number of benzene rings is 2. The number of nitrogens with zero attached hydrogens (tertiary/aromatic N) is 1. The van der Waals surface area contributed by atoms with Crippen molar-refractivity contribution in [2.24, 2.45) is 0 Å². The first-order valence-corrected chi connectivity index (χ1v) is 7.65. The Morgan fingerprint density at radius 2 is 1.76 bits per heavy atom. The van der Waals surface area contributed by atoms with E-state index < -0.39 is 29.6 Å². The summed E-state index contributed by atoms with van der Waals surface area (Å²) in [6.45, 7) is 1.38. The van der Waals surface area contributed by atoms with E-state index in [2.05, 4.69) is 5.32 Å². The van der Waals surface area contributed by atoms with E-state index in [1.807, 2.05) is 0 Å². The summed E-state index contributed by atoms with van der Waals surface area (Å²) in [5, 5.41) is 11.5. The van der Waals surface area contributed by atoms with E-state index in [4.69, 9.17) is 16.7 Å². The molecular formula is C17H12ClFN2O4. The molecule has 1 heterocycles. The van der Waals surface area contributed by atoms with Gasteiger partial charge in [0.25, 0.3) is 11.8 Å². The zero-order valence-electron chi connectivity index (χ0n) is 12.9. The summed E-state index contributed by atoms with van der Waals surface area (Å²) in [6, 6.07) is 7.25. The zero-order chi connectivity index (χ0) is 18.3. The van der Waals surface area contributed by atoms with Crippen LogP contribution in [0.3, 0.4) is 0 Å². The van der Waals surface area contributed by atoms with Gasteiger partial charge in [0.2, 0.25) is 0 Å². The highest BCUT2D eigenvalue weighted by molar-refractivity contribution is 6.36. The summed E-state index contributed by atoms with van der Waals surface area (Å²) >= 11 is 5.94. The van der Waals surface area contributed by atoms with E-state index in [9.17, 15) is 18.8 Å². The van der Waals surface area contributed by atoms with Gasteiger partial charge in [-0.15, -0.1) is 0 Å². The van der Waals surface area contributed by atoms with Crippen molar-refractivity contribution in [3.63, 3.8) is 0 Å². The second-order valence-electron chi connectivity index (χ2n) is 5.48. The molecule has 3 rings (SSSR count). The Morgan fingerprint density at radius 3 is 2.28 bits per heavy atom. The van der Waals surface area contributed by atoms with E-state index in [0.717, 1.165) is 12.1 Å². The Kier molecular flexibility index (Phi) is 4.18. The van der Waals surface area contributed by atoms with E-state index >= 15 is 0 Å². The number of aliphatic carboxylic acids is 1. The molecule has 2 N–H and O–H groups in total. The maximum Gasteiger partial charge on any atom is 0.325 e. The number of fused-ring (bicyclic) bond motifs is 1. The number of rotatable bonds is 4. The van der Waals surface area contributed by atoms with Gasteiger partial charge in [-0.1, -0.05) is 23.7 Å². The number of halogens is 2. The maximum absolute atomic E-state index is 14.4. The Balaban J connectivity index is 2.05. The minimum atomic E-state index is -1.14. The van der Waals surface area contributed by atoms with Crippen molar-refractivity contribution in [3.8, 4) is 0 Å². The molecule has 0 saturated carbocycles. The fourth-order valence-corrected chi connectivity index (χ4v) is 2.73. The van der Waals surface area contributed by atoms with Crippen LogP contribution in [-0.4, -0.2) is 28.9 Å². The number of hydrogen-bond acceptors (Lipinski definition) is 4. The number of imide groups is 1. The van der Waals surface area contributed by atoms with Crippen LogP contribution in [0.4, 0.5) is 15.8 Å². The molecule has 0 bridgehead atoms. The second kappa shape index (κ2) is 6.18. The van der Waals surface area contributed by atoms with Crippen LogP contribution in [0.2, 0.25) is 5.02 Å². The predicted octanol–water partition coefficient (Wildman–Crippen LogP) is 3.16. The van der Waals surface area contributed by atoms with Gasteiger partial charge in [0.15, 0.2) is 0 Å². The normalized spacial score (nSPS) is 14.4. The van der Waals surface area contributed by atoms with Crippen molar-refractivity contribution in [2.75, 3.05) is 10.2 Å². The van der Waals surface area contributed by atoms with Crippen LogP contribution >= 0.6 is 11.6 Å². The largest absolute Gasteiger partial charge is 0.480 e. The number of anilines is 2. The second-order valence-corrected chi connectivity index (χ2v) is 5.89. The van der Waals surface area contributed by atoms with Gasteiger partial charge in [0.05, 0.1) is 27.5 Å². The van der Waals surface area contributed by atoms with Crippen molar-refractivity contribution in [2.45, 2.75) is 13.0 Å². The van der Waals surface area contributed by atoms with E-state index in [1.165, 1.54) is 19.1 Å². The monoisotopic (exact) mass is 362 g/mol. The number of nitrogens with one attached hydrogen (secondary N) is 1. The number of carbonyl (C=O) groups is 3. The standard InChI is InChI=1S/C17H12ClFN2O4/c1-8(17(24)25)20-13-7-14(12(19)6-11(13)18)21-15(22)9-4-2-3-5-10(9)16(21)23/h2-8,20H,1H3,(H,24,25)/t8-/m1/s1. The fraction of sp³-hybridized carbons (Fsp3) is 0.118. The van der Waals surface area contributed by atoms with Crippen LogP contribution in [-0.2, 0) is 4.79 Å². The highest BCUT2D eigenvalue weighted by atomic mass is 35.5. The minimum Gasteiger partial charge on any atom is -0.480 e. The number of carboxylic acids is 1. The molecule has 1 aliphatic rings. The first kappa shape index (κ1) is 16.9. The Morgan fingerprint density at radius 1 is 1.20 bits per heavy atom. The molecule has 2 aromatic carbocycles. The third kappa shape index (κ3) is 2.83. The van der Waals surface area contributed by atoms with Crippen molar-refractivity contribution in [1.29, 1.82) is 0 Å². The lowest BCUT2D eigenvalue weighted by Gasteiger charge is -2.19. The molecule has 2 aromatic rings. The average Bonchev–Trinajstić information content (AvgIpc) is 2.82. The Labute approximate surface area is 146 Å². The molecule has 8 heteroatoms. The molecule has 0 fully saturated rings. The summed E-state index contributed by atoms with van der Waals surface area (Å²) in [5.41, 5.74) is 0.158. The van der Waals surface area contributed by atoms with Crippen molar-refractivity contribution in [1.82, 2.24) is 0 Å². The smallest absolute Gasteiger partial charge is 0.325 e. The van der Waals surface area contributed by atoms with E-state index in [-0.39, 0.29) is 27.5 Å². The van der Waals surface area contributed by atoms with Crippen LogP contribution < -0.4 is 10.2 Å². The SMILES string of the molecule is C[C@@H](Nc1cc(N2C(=O)c3ccccc3C2=O)c(F)cc1Cl)C(=O)O. The number of carbonyl (C=O) groups excluding carboxylic acids is 2. The van der Waals surface area contributed by atoms with Crippen molar-refractivity contribution >= 4 is 40.8 Å². The van der Waals surface area contributed by atoms with Gasteiger partial charge in [-0.05, 0) is 31.2 Å². The molecule has 0 aromatic heterocycles.